The molecular weight excluding hydrogens is 230 g/mol. The smallest absolute Gasteiger partial charge is 0.0534 e. The van der Waals surface area contributed by atoms with Gasteiger partial charge in [-0.05, 0) is 11.6 Å². The van der Waals surface area contributed by atoms with E-state index in [1.807, 2.05) is 29.7 Å². The summed E-state index contributed by atoms with van der Waals surface area (Å²) < 4.78 is 1.84. The first-order valence-electron chi connectivity index (χ1n) is 5.75. The lowest BCUT2D eigenvalue weighted by Gasteiger charge is -2.12. The van der Waals surface area contributed by atoms with Gasteiger partial charge in [0, 0.05) is 42.0 Å². The lowest BCUT2D eigenvalue weighted by atomic mass is 10.1. The second kappa shape index (κ2) is 4.55. The van der Waals surface area contributed by atoms with Gasteiger partial charge in [-0.25, -0.2) is 0 Å². The second-order valence-corrected chi connectivity index (χ2v) is 5.37. The molecule has 0 saturated heterocycles. The van der Waals surface area contributed by atoms with E-state index in [0.29, 0.717) is 6.04 Å². The van der Waals surface area contributed by atoms with Crippen molar-refractivity contribution in [3.8, 4) is 0 Å². The van der Waals surface area contributed by atoms with Gasteiger partial charge in [-0.3, -0.25) is 4.68 Å². The molecule has 1 aromatic heterocycles. The van der Waals surface area contributed by atoms with Crippen LogP contribution in [0, 0.1) is 0 Å². The van der Waals surface area contributed by atoms with Crippen molar-refractivity contribution in [2.75, 3.05) is 5.75 Å². The van der Waals surface area contributed by atoms with E-state index in [9.17, 15) is 0 Å². The molecule has 1 aliphatic heterocycles. The summed E-state index contributed by atoms with van der Waals surface area (Å²) in [5.41, 5.74) is 2.67. The highest BCUT2D eigenvalue weighted by atomic mass is 32.2. The molecule has 0 spiro atoms. The molecule has 17 heavy (non-hydrogen) atoms. The number of aryl methyl sites for hydroxylation is 1. The maximum absolute atomic E-state index is 4.18. The number of hydrogen-bond acceptors (Lipinski definition) is 3. The number of fused-ring (bicyclic) bond motifs is 1. The zero-order valence-corrected chi connectivity index (χ0v) is 10.6. The second-order valence-electron chi connectivity index (χ2n) is 4.30. The number of nitrogens with one attached hydrogen (secondary N) is 1. The number of thioether (sulfide) groups is 1. The molecule has 4 heteroatoms. The summed E-state index contributed by atoms with van der Waals surface area (Å²) >= 11 is 1.93. The largest absolute Gasteiger partial charge is 0.305 e. The van der Waals surface area contributed by atoms with E-state index in [4.69, 9.17) is 0 Å². The molecule has 0 saturated carbocycles. The van der Waals surface area contributed by atoms with Crippen LogP contribution in [-0.2, 0) is 13.6 Å². The molecule has 0 radical (unpaired) electrons. The van der Waals surface area contributed by atoms with Crippen LogP contribution in [0.3, 0.4) is 0 Å². The average Bonchev–Trinajstić information content (AvgIpc) is 2.93. The highest BCUT2D eigenvalue weighted by molar-refractivity contribution is 7.99. The molecule has 1 unspecified atom stereocenters. The van der Waals surface area contributed by atoms with Crippen molar-refractivity contribution in [2.24, 2.45) is 7.05 Å². The van der Waals surface area contributed by atoms with Crippen LogP contribution in [-0.4, -0.2) is 15.5 Å². The zero-order chi connectivity index (χ0) is 11.7. The first-order chi connectivity index (χ1) is 8.33. The highest BCUT2D eigenvalue weighted by Crippen LogP contribution is 2.37. The number of nitrogens with zero attached hydrogens (tertiary/aromatic N) is 2. The maximum atomic E-state index is 4.18. The highest BCUT2D eigenvalue weighted by Gasteiger charge is 2.21. The normalized spacial score (nSPS) is 18.3. The van der Waals surface area contributed by atoms with E-state index in [1.54, 1.807) is 0 Å². The Balaban J connectivity index is 1.68. The summed E-state index contributed by atoms with van der Waals surface area (Å²) in [5, 5.41) is 7.77. The van der Waals surface area contributed by atoms with Gasteiger partial charge in [-0.2, -0.15) is 5.10 Å². The molecule has 2 aromatic rings. The summed E-state index contributed by atoms with van der Waals surface area (Å²) in [6, 6.07) is 9.11. The number of rotatable bonds is 3. The molecule has 1 aliphatic rings. The number of hydrogen-bond donors (Lipinski definition) is 1. The van der Waals surface area contributed by atoms with Crippen molar-refractivity contribution in [2.45, 2.75) is 17.5 Å². The Morgan fingerprint density at radius 2 is 2.35 bits per heavy atom. The van der Waals surface area contributed by atoms with E-state index < -0.39 is 0 Å². The Morgan fingerprint density at radius 1 is 1.47 bits per heavy atom. The lowest BCUT2D eigenvalue weighted by molar-refractivity contribution is 0.583. The van der Waals surface area contributed by atoms with E-state index in [-0.39, 0.29) is 0 Å². The molecule has 0 amide bonds. The van der Waals surface area contributed by atoms with Gasteiger partial charge in [0.05, 0.1) is 6.20 Å². The van der Waals surface area contributed by atoms with Crippen molar-refractivity contribution >= 4 is 11.8 Å². The fraction of sp³-hybridized carbons (Fsp3) is 0.308. The Morgan fingerprint density at radius 3 is 3.18 bits per heavy atom. The predicted molar refractivity (Wildman–Crippen MR) is 70.0 cm³/mol. The Kier molecular flexibility index (Phi) is 2.91. The van der Waals surface area contributed by atoms with Crippen LogP contribution in [0.15, 0.2) is 41.6 Å². The van der Waals surface area contributed by atoms with Crippen LogP contribution in [0.25, 0.3) is 0 Å². The molecule has 0 aliphatic carbocycles. The van der Waals surface area contributed by atoms with Crippen molar-refractivity contribution in [3.63, 3.8) is 0 Å². The molecule has 1 atom stereocenters. The predicted octanol–water partition coefficient (Wildman–Crippen LogP) is 2.36. The molecule has 0 bridgehead atoms. The fourth-order valence-electron chi connectivity index (χ4n) is 2.14. The lowest BCUT2D eigenvalue weighted by Crippen LogP contribution is -2.20. The van der Waals surface area contributed by atoms with Crippen molar-refractivity contribution < 1.29 is 0 Å². The molecule has 0 fully saturated rings. The fourth-order valence-corrected chi connectivity index (χ4v) is 3.33. The number of benzene rings is 1. The third-order valence-electron chi connectivity index (χ3n) is 3.01. The SMILES string of the molecule is Cn1cc(CNC2CSc3ccccc32)cn1. The monoisotopic (exact) mass is 245 g/mol. The van der Waals surface area contributed by atoms with Gasteiger partial charge in [0.15, 0.2) is 0 Å². The first kappa shape index (κ1) is 10.9. The van der Waals surface area contributed by atoms with Crippen molar-refractivity contribution in [1.29, 1.82) is 0 Å². The average molecular weight is 245 g/mol. The van der Waals surface area contributed by atoms with Crippen molar-refractivity contribution in [1.82, 2.24) is 15.1 Å². The van der Waals surface area contributed by atoms with Gasteiger partial charge in [-0.1, -0.05) is 18.2 Å². The first-order valence-corrected chi connectivity index (χ1v) is 6.74. The van der Waals surface area contributed by atoms with Crippen LogP contribution in [0.2, 0.25) is 0 Å². The van der Waals surface area contributed by atoms with Crippen molar-refractivity contribution in [3.05, 3.63) is 47.8 Å². The minimum Gasteiger partial charge on any atom is -0.305 e. The summed E-state index contributed by atoms with van der Waals surface area (Å²) in [7, 11) is 1.95. The van der Waals surface area contributed by atoms with E-state index in [0.717, 1.165) is 12.3 Å². The molecule has 88 valence electrons. The van der Waals surface area contributed by atoms with Crippen LogP contribution in [0.5, 0.6) is 0 Å². The van der Waals surface area contributed by atoms with Gasteiger partial charge in [0.25, 0.3) is 0 Å². The summed E-state index contributed by atoms with van der Waals surface area (Å²) in [6.07, 6.45) is 3.97. The molecule has 2 heterocycles. The third kappa shape index (κ3) is 2.23. The standard InChI is InChI=1S/C13H15N3S/c1-16-8-10(7-15-16)6-14-12-9-17-13-5-3-2-4-11(12)13/h2-5,7-8,12,14H,6,9H2,1H3. The van der Waals surface area contributed by atoms with E-state index in [1.165, 1.54) is 16.0 Å². The third-order valence-corrected chi connectivity index (χ3v) is 4.19. The van der Waals surface area contributed by atoms with Gasteiger partial charge in [0.2, 0.25) is 0 Å². The Hall–Kier alpha value is -1.26. The van der Waals surface area contributed by atoms with E-state index in [2.05, 4.69) is 40.9 Å². The maximum Gasteiger partial charge on any atom is 0.0534 e. The quantitative estimate of drug-likeness (QED) is 0.900. The minimum atomic E-state index is 0.469. The Bertz CT molecular complexity index is 521. The van der Waals surface area contributed by atoms with Gasteiger partial charge < -0.3 is 5.32 Å². The van der Waals surface area contributed by atoms with Crippen LogP contribution < -0.4 is 5.32 Å². The molecule has 3 rings (SSSR count). The summed E-state index contributed by atoms with van der Waals surface area (Å²) in [4.78, 5) is 1.41. The molecular formula is C13H15N3S. The van der Waals surface area contributed by atoms with E-state index >= 15 is 0 Å². The van der Waals surface area contributed by atoms with Crippen LogP contribution >= 0.6 is 11.8 Å². The molecule has 3 nitrogen and oxygen atoms in total. The van der Waals surface area contributed by atoms with Crippen LogP contribution in [0.1, 0.15) is 17.2 Å². The van der Waals surface area contributed by atoms with Gasteiger partial charge in [0.1, 0.15) is 0 Å². The van der Waals surface area contributed by atoms with Gasteiger partial charge >= 0.3 is 0 Å². The summed E-state index contributed by atoms with van der Waals surface area (Å²) in [6.45, 7) is 0.882. The molecule has 1 aromatic carbocycles. The number of aromatic nitrogens is 2. The molecule has 1 N–H and O–H groups in total. The minimum absolute atomic E-state index is 0.469. The topological polar surface area (TPSA) is 29.9 Å². The summed E-state index contributed by atoms with van der Waals surface area (Å²) in [5.74, 6) is 1.12. The van der Waals surface area contributed by atoms with Gasteiger partial charge in [-0.15, -0.1) is 11.8 Å². The Labute approximate surface area is 105 Å². The zero-order valence-electron chi connectivity index (χ0n) is 9.76. The van der Waals surface area contributed by atoms with Crippen LogP contribution in [0.4, 0.5) is 0 Å².